The number of hydrogen-bond acceptors (Lipinski definition) is 12. The molecule has 61 heavy (non-hydrogen) atoms. The Bertz CT molecular complexity index is 1870. The molecule has 0 saturated carbocycles. The van der Waals surface area contributed by atoms with E-state index in [0.717, 1.165) is 5.56 Å². The molecule has 2 aromatic carbocycles. The summed E-state index contributed by atoms with van der Waals surface area (Å²) in [7, 11) is 0. The van der Waals surface area contributed by atoms with E-state index < -0.39 is 77.3 Å². The summed E-state index contributed by atoms with van der Waals surface area (Å²) >= 11 is 0. The van der Waals surface area contributed by atoms with Crippen LogP contribution in [0.5, 0.6) is 11.5 Å². The summed E-state index contributed by atoms with van der Waals surface area (Å²) in [5.74, 6) is -2.79. The first kappa shape index (κ1) is 50.9. The Labute approximate surface area is 356 Å². The number of aromatic hydroxyl groups is 2. The first-order chi connectivity index (χ1) is 28.2. The zero-order valence-electron chi connectivity index (χ0n) is 36.8. The molecule has 0 saturated heterocycles. The second kappa shape index (κ2) is 22.9. The monoisotopic (exact) mass is 857 g/mol. The lowest BCUT2D eigenvalue weighted by molar-refractivity contribution is -0.131. The molecule has 2 rings (SSSR count). The Morgan fingerprint density at radius 1 is 0.557 bits per heavy atom. The largest absolute Gasteiger partial charge is 0.508 e. The van der Waals surface area contributed by atoms with E-state index in [1.807, 2.05) is 0 Å². The lowest BCUT2D eigenvalue weighted by atomic mass is 9.97. The molecule has 19 heteroatoms. The van der Waals surface area contributed by atoms with Crippen molar-refractivity contribution in [1.82, 2.24) is 37.2 Å². The average Bonchev–Trinajstić information content (AvgIpc) is 3.12. The number of carbonyl (C=O) groups is 7. The Balaban J connectivity index is 2.20. The van der Waals surface area contributed by atoms with Crippen LogP contribution in [-0.2, 0) is 39.8 Å². The van der Waals surface area contributed by atoms with Gasteiger partial charge in [-0.25, -0.2) is 14.4 Å². The molecule has 9 N–H and O–H groups in total. The van der Waals surface area contributed by atoms with Gasteiger partial charge < -0.3 is 61.6 Å². The Morgan fingerprint density at radius 2 is 1.05 bits per heavy atom. The second-order valence-electron chi connectivity index (χ2n) is 17.2. The van der Waals surface area contributed by atoms with E-state index in [1.165, 1.54) is 12.1 Å². The van der Waals surface area contributed by atoms with Crippen molar-refractivity contribution in [2.45, 2.75) is 117 Å². The van der Waals surface area contributed by atoms with Crippen LogP contribution in [0.4, 0.5) is 14.4 Å². The molecule has 19 nitrogen and oxygen atoms in total. The van der Waals surface area contributed by atoms with Gasteiger partial charge in [-0.15, -0.1) is 0 Å². The molecule has 0 bridgehead atoms. The summed E-state index contributed by atoms with van der Waals surface area (Å²) in [5, 5.41) is 38.5. The molecule has 0 spiro atoms. The fraction of sp³-hybridized carbons (Fsp3) is 0.548. The quantitative estimate of drug-likeness (QED) is 0.0773. The molecular weight excluding hydrogens is 794 g/mol. The van der Waals surface area contributed by atoms with Crippen LogP contribution in [0, 0.1) is 6.92 Å². The number of rotatable bonds is 18. The van der Waals surface area contributed by atoms with Crippen LogP contribution < -0.4 is 37.2 Å². The van der Waals surface area contributed by atoms with E-state index in [1.54, 1.807) is 93.5 Å². The highest BCUT2D eigenvalue weighted by Crippen LogP contribution is 2.30. The molecule has 0 aliphatic heterocycles. The lowest BCUT2D eigenvalue weighted by Crippen LogP contribution is -2.55. The van der Waals surface area contributed by atoms with E-state index in [2.05, 4.69) is 37.2 Å². The van der Waals surface area contributed by atoms with Crippen molar-refractivity contribution < 1.29 is 58.0 Å². The Morgan fingerprint density at radius 3 is 1.59 bits per heavy atom. The first-order valence-corrected chi connectivity index (χ1v) is 19.9. The van der Waals surface area contributed by atoms with Crippen LogP contribution in [0.1, 0.15) is 86.3 Å². The zero-order chi connectivity index (χ0) is 46.1. The number of benzene rings is 2. The number of phenolic OH excluding ortho intramolecular Hbond substituents is 2. The van der Waals surface area contributed by atoms with Gasteiger partial charge >= 0.3 is 18.3 Å². The highest BCUT2D eigenvalue weighted by molar-refractivity contribution is 5.93. The lowest BCUT2D eigenvalue weighted by Gasteiger charge is -2.26. The zero-order valence-corrected chi connectivity index (χ0v) is 36.8. The fourth-order valence-electron chi connectivity index (χ4n) is 5.28. The van der Waals surface area contributed by atoms with Crippen LogP contribution in [0.2, 0.25) is 0 Å². The molecule has 0 heterocycles. The van der Waals surface area contributed by atoms with Crippen molar-refractivity contribution in [2.24, 2.45) is 0 Å². The maximum atomic E-state index is 14.0. The van der Waals surface area contributed by atoms with Crippen LogP contribution >= 0.6 is 0 Å². The third kappa shape index (κ3) is 21.0. The van der Waals surface area contributed by atoms with Crippen molar-refractivity contribution in [3.63, 3.8) is 0 Å². The standard InChI is InChI=1S/C42H63N7O12/c1-25-20-26(13-15-31(25)50)27-14-16-32(51)28(21-27)22-30(49-39(58)61-42(8,9)10)36(55)48-29(12-11-17-45-37(56)59-40(2,3)4)35(54)46-23-33(52)43-18-19-44-34(53)24-47-38(57)60-41(5,6)7/h13-16,20-21,29-30,50-51H,11-12,17-19,22-24H2,1-10H3,(H,43,52)(H,44,53)(H,45,56)(H,46,54)(H,47,57)(H,48,55)(H,49,58)/t29-,30-/m0/s1. The van der Waals surface area contributed by atoms with Gasteiger partial charge in [-0.3, -0.25) is 19.2 Å². The fourth-order valence-corrected chi connectivity index (χ4v) is 5.28. The third-order valence-corrected chi connectivity index (χ3v) is 8.00. The molecule has 0 aliphatic carbocycles. The Kier molecular flexibility index (Phi) is 19.1. The van der Waals surface area contributed by atoms with Crippen molar-refractivity contribution in [2.75, 3.05) is 32.7 Å². The third-order valence-electron chi connectivity index (χ3n) is 8.00. The number of carbonyl (C=O) groups excluding carboxylic acids is 7. The summed E-state index contributed by atoms with van der Waals surface area (Å²) < 4.78 is 15.7. The van der Waals surface area contributed by atoms with E-state index in [0.29, 0.717) is 11.1 Å². The number of nitrogens with one attached hydrogen (secondary N) is 7. The van der Waals surface area contributed by atoms with Crippen molar-refractivity contribution >= 4 is 41.9 Å². The summed E-state index contributed by atoms with van der Waals surface area (Å²) in [6.07, 6.45) is -2.49. The molecule has 338 valence electrons. The van der Waals surface area contributed by atoms with Crippen LogP contribution in [0.3, 0.4) is 0 Å². The highest BCUT2D eigenvalue weighted by Gasteiger charge is 2.30. The maximum absolute atomic E-state index is 14.0. The van der Waals surface area contributed by atoms with E-state index in [9.17, 15) is 43.8 Å². The number of hydrogen-bond donors (Lipinski definition) is 9. The number of aryl methyl sites for hydroxylation is 1. The highest BCUT2D eigenvalue weighted by atomic mass is 16.6. The number of phenols is 2. The summed E-state index contributed by atoms with van der Waals surface area (Å²) in [4.78, 5) is 89.2. The molecule has 2 atom stereocenters. The number of alkyl carbamates (subject to hydrolysis) is 3. The molecule has 0 radical (unpaired) electrons. The van der Waals surface area contributed by atoms with Crippen LogP contribution in [0.15, 0.2) is 36.4 Å². The first-order valence-electron chi connectivity index (χ1n) is 19.9. The van der Waals surface area contributed by atoms with E-state index in [-0.39, 0.29) is 62.5 Å². The van der Waals surface area contributed by atoms with Crippen LogP contribution in [0.25, 0.3) is 11.1 Å². The van der Waals surface area contributed by atoms with Gasteiger partial charge in [0.2, 0.25) is 23.6 Å². The molecular formula is C42H63N7O12. The van der Waals surface area contributed by atoms with Gasteiger partial charge in [0.1, 0.15) is 40.4 Å². The van der Waals surface area contributed by atoms with E-state index >= 15 is 0 Å². The minimum absolute atomic E-state index is 0.0108. The molecule has 7 amide bonds. The Hall–Kier alpha value is -6.27. The smallest absolute Gasteiger partial charge is 0.408 e. The summed E-state index contributed by atoms with van der Waals surface area (Å²) in [6.45, 7) is 16.0. The molecule has 2 aromatic rings. The normalized spacial score (nSPS) is 12.4. The van der Waals surface area contributed by atoms with Gasteiger partial charge in [0, 0.05) is 26.1 Å². The molecule has 0 fully saturated rings. The molecule has 0 aromatic heterocycles. The molecule has 0 aliphatic rings. The van der Waals surface area contributed by atoms with Gasteiger partial charge in [-0.1, -0.05) is 12.1 Å². The van der Waals surface area contributed by atoms with Gasteiger partial charge in [-0.05, 0) is 129 Å². The van der Waals surface area contributed by atoms with E-state index in [4.69, 9.17) is 14.2 Å². The van der Waals surface area contributed by atoms with Crippen molar-refractivity contribution in [1.29, 1.82) is 0 Å². The van der Waals surface area contributed by atoms with Crippen molar-refractivity contribution in [3.05, 3.63) is 47.5 Å². The second-order valence-corrected chi connectivity index (χ2v) is 17.2. The summed E-state index contributed by atoms with van der Waals surface area (Å²) in [5.41, 5.74) is -0.158. The number of amides is 7. The van der Waals surface area contributed by atoms with Gasteiger partial charge in [0.15, 0.2) is 0 Å². The SMILES string of the molecule is Cc1cc(-c2ccc(O)c(C[C@H](NC(=O)OC(C)(C)C)C(=O)N[C@@H](CCCNC(=O)OC(C)(C)C)C(=O)NCC(=O)NCCNC(=O)CNC(=O)OC(C)(C)C)c2)ccc1O. The maximum Gasteiger partial charge on any atom is 0.408 e. The van der Waals surface area contributed by atoms with Gasteiger partial charge in [-0.2, -0.15) is 0 Å². The average molecular weight is 858 g/mol. The number of ether oxygens (including phenoxy) is 3. The molecule has 0 unspecified atom stereocenters. The van der Waals surface area contributed by atoms with Crippen molar-refractivity contribution in [3.8, 4) is 22.6 Å². The van der Waals surface area contributed by atoms with Crippen LogP contribution in [-0.4, -0.2) is 114 Å². The topological polar surface area (TPSA) is 272 Å². The van der Waals surface area contributed by atoms with Gasteiger partial charge in [0.05, 0.1) is 13.1 Å². The van der Waals surface area contributed by atoms with Gasteiger partial charge in [0.25, 0.3) is 0 Å². The predicted molar refractivity (Wildman–Crippen MR) is 225 cm³/mol. The summed E-state index contributed by atoms with van der Waals surface area (Å²) in [6, 6.07) is 7.04. The minimum atomic E-state index is -1.38. The minimum Gasteiger partial charge on any atom is -0.508 e. The predicted octanol–water partition coefficient (Wildman–Crippen LogP) is 3.17.